The molecule has 1 aliphatic carbocycles. The van der Waals surface area contributed by atoms with Gasteiger partial charge in [-0.15, -0.1) is 6.58 Å². The van der Waals surface area contributed by atoms with Crippen molar-refractivity contribution in [2.75, 3.05) is 11.9 Å². The molecule has 0 atom stereocenters. The van der Waals surface area contributed by atoms with Crippen LogP contribution in [0.2, 0.25) is 0 Å². The molecule has 1 heterocycles. The van der Waals surface area contributed by atoms with E-state index >= 15 is 0 Å². The molecule has 1 aromatic heterocycles. The molecule has 1 saturated carbocycles. The molecule has 0 radical (unpaired) electrons. The Morgan fingerprint density at radius 2 is 2.29 bits per heavy atom. The van der Waals surface area contributed by atoms with Crippen molar-refractivity contribution in [1.82, 2.24) is 9.78 Å². The molecule has 5 nitrogen and oxygen atoms in total. The van der Waals surface area contributed by atoms with Crippen LogP contribution in [0.25, 0.3) is 0 Å². The molecular weight excluding hydrogens is 334 g/mol. The molecule has 0 bridgehead atoms. The molecule has 1 aliphatic rings. The van der Waals surface area contributed by atoms with Gasteiger partial charge >= 0.3 is 0 Å². The van der Waals surface area contributed by atoms with E-state index in [1.54, 1.807) is 12.3 Å². The van der Waals surface area contributed by atoms with Crippen molar-refractivity contribution in [3.05, 3.63) is 33.7 Å². The lowest BCUT2D eigenvalue weighted by Gasteiger charge is -2.39. The topological polar surface area (TPSA) is 67.2 Å². The van der Waals surface area contributed by atoms with Crippen LogP contribution in [0.5, 0.6) is 0 Å². The number of anilines is 1. The van der Waals surface area contributed by atoms with Gasteiger partial charge in [-0.3, -0.25) is 4.79 Å². The number of hydrogen-bond acceptors (Lipinski definition) is 4. The summed E-state index contributed by atoms with van der Waals surface area (Å²) in [7, 11) is 0. The van der Waals surface area contributed by atoms with Gasteiger partial charge in [-0.25, -0.2) is 4.68 Å². The maximum atomic E-state index is 12.2. The molecule has 0 unspecified atom stereocenters. The van der Waals surface area contributed by atoms with Gasteiger partial charge in [-0.1, -0.05) is 13.0 Å². The minimum atomic E-state index is -0.353. The fourth-order valence-corrected chi connectivity index (χ4v) is 3.13. The van der Waals surface area contributed by atoms with E-state index in [0.29, 0.717) is 22.6 Å². The van der Waals surface area contributed by atoms with Crippen LogP contribution in [-0.2, 0) is 6.54 Å². The summed E-state index contributed by atoms with van der Waals surface area (Å²) in [6.07, 6.45) is 7.20. The lowest BCUT2D eigenvalue weighted by molar-refractivity contribution is 0.155. The van der Waals surface area contributed by atoms with E-state index in [0.717, 1.165) is 25.7 Å². The largest absolute Gasteiger partial charge is 0.394 e. The molecule has 0 saturated heterocycles. The Bertz CT molecular complexity index is 563. The second-order valence-corrected chi connectivity index (χ2v) is 6.69. The van der Waals surface area contributed by atoms with Crippen LogP contribution in [0.1, 0.15) is 32.6 Å². The van der Waals surface area contributed by atoms with Crippen LogP contribution in [0.3, 0.4) is 0 Å². The van der Waals surface area contributed by atoms with E-state index < -0.39 is 0 Å². The summed E-state index contributed by atoms with van der Waals surface area (Å²) in [6, 6.07) is 0. The molecular formula is C15H22BrN3O2. The van der Waals surface area contributed by atoms with Gasteiger partial charge in [0.2, 0.25) is 0 Å². The maximum Gasteiger partial charge on any atom is 0.283 e. The number of hydrogen-bond donors (Lipinski definition) is 2. The smallest absolute Gasteiger partial charge is 0.283 e. The van der Waals surface area contributed by atoms with Crippen molar-refractivity contribution < 1.29 is 5.11 Å². The molecule has 21 heavy (non-hydrogen) atoms. The van der Waals surface area contributed by atoms with Crippen molar-refractivity contribution in [2.24, 2.45) is 5.92 Å². The molecule has 0 aromatic carbocycles. The van der Waals surface area contributed by atoms with Crippen molar-refractivity contribution in [3.8, 4) is 0 Å². The zero-order chi connectivity index (χ0) is 15.5. The van der Waals surface area contributed by atoms with Gasteiger partial charge in [0.1, 0.15) is 4.47 Å². The Morgan fingerprint density at radius 1 is 1.62 bits per heavy atom. The van der Waals surface area contributed by atoms with Crippen LogP contribution >= 0.6 is 15.9 Å². The average molecular weight is 356 g/mol. The van der Waals surface area contributed by atoms with Crippen molar-refractivity contribution >= 4 is 21.6 Å². The molecule has 0 aliphatic heterocycles. The molecule has 6 heteroatoms. The van der Waals surface area contributed by atoms with E-state index in [1.807, 2.05) is 0 Å². The highest BCUT2D eigenvalue weighted by atomic mass is 79.9. The molecule has 116 valence electrons. The number of rotatable bonds is 5. The molecule has 1 fully saturated rings. The number of allylic oxidation sites excluding steroid dienone is 1. The first kappa shape index (κ1) is 16.2. The van der Waals surface area contributed by atoms with Crippen molar-refractivity contribution in [2.45, 2.75) is 44.7 Å². The Kier molecular flexibility index (Phi) is 5.22. The average Bonchev–Trinajstić information content (AvgIpc) is 2.49. The van der Waals surface area contributed by atoms with E-state index in [9.17, 15) is 9.90 Å². The fraction of sp³-hybridized carbons (Fsp3) is 0.600. The van der Waals surface area contributed by atoms with Gasteiger partial charge < -0.3 is 10.4 Å². The third-order valence-corrected chi connectivity index (χ3v) is 4.99. The minimum Gasteiger partial charge on any atom is -0.394 e. The first-order valence-electron chi connectivity index (χ1n) is 7.27. The Labute approximate surface area is 133 Å². The predicted octanol–water partition coefficient (Wildman–Crippen LogP) is 2.54. The third-order valence-electron chi connectivity index (χ3n) is 4.22. The summed E-state index contributed by atoms with van der Waals surface area (Å²) >= 11 is 3.34. The second-order valence-electron chi connectivity index (χ2n) is 5.89. The zero-order valence-corrected chi connectivity index (χ0v) is 13.9. The summed E-state index contributed by atoms with van der Waals surface area (Å²) in [6.45, 7) is 6.27. The summed E-state index contributed by atoms with van der Waals surface area (Å²) in [5, 5.41) is 17.3. The van der Waals surface area contributed by atoms with Crippen LogP contribution in [0.15, 0.2) is 28.1 Å². The highest BCUT2D eigenvalue weighted by Gasteiger charge is 2.34. The Hall–Kier alpha value is -1.14. The minimum absolute atomic E-state index is 0.0574. The fourth-order valence-electron chi connectivity index (χ4n) is 2.73. The summed E-state index contributed by atoms with van der Waals surface area (Å²) in [4.78, 5) is 12.2. The normalized spacial score (nSPS) is 25.6. The standard InChI is InChI=1S/C15H22BrN3O2/c1-3-8-19-14(21)13(16)12(9-17-19)18-15(10-20)6-4-11(2)5-7-15/h3,9,11,18,20H,1,4-8,10H2,2H3. The number of nitrogens with zero attached hydrogens (tertiary/aromatic N) is 2. The van der Waals surface area contributed by atoms with Crippen LogP contribution in [-0.4, -0.2) is 27.0 Å². The Morgan fingerprint density at radius 3 is 2.86 bits per heavy atom. The van der Waals surface area contributed by atoms with Gasteiger partial charge in [0, 0.05) is 0 Å². The third kappa shape index (κ3) is 3.55. The Balaban J connectivity index is 2.24. The van der Waals surface area contributed by atoms with Crippen LogP contribution < -0.4 is 10.9 Å². The number of aromatic nitrogens is 2. The first-order chi connectivity index (χ1) is 10.0. The second kappa shape index (κ2) is 6.75. The summed E-state index contributed by atoms with van der Waals surface area (Å²) < 4.78 is 1.79. The SMILES string of the molecule is C=CCn1ncc(NC2(CO)CCC(C)CC2)c(Br)c1=O. The van der Waals surface area contributed by atoms with Gasteiger partial charge in [0.25, 0.3) is 5.56 Å². The summed E-state index contributed by atoms with van der Waals surface area (Å²) in [5.41, 5.74) is 0.0920. The van der Waals surface area contributed by atoms with Crippen molar-refractivity contribution in [1.29, 1.82) is 0 Å². The maximum absolute atomic E-state index is 12.2. The van der Waals surface area contributed by atoms with E-state index in [2.05, 4.69) is 39.8 Å². The van der Waals surface area contributed by atoms with Crippen LogP contribution in [0, 0.1) is 5.92 Å². The predicted molar refractivity (Wildman–Crippen MR) is 87.5 cm³/mol. The molecule has 2 rings (SSSR count). The molecule has 2 N–H and O–H groups in total. The number of aliphatic hydroxyl groups is 1. The van der Waals surface area contributed by atoms with Gasteiger partial charge in [-0.2, -0.15) is 5.10 Å². The van der Waals surface area contributed by atoms with Gasteiger partial charge in [0.15, 0.2) is 0 Å². The van der Waals surface area contributed by atoms with Crippen molar-refractivity contribution in [3.63, 3.8) is 0 Å². The van der Waals surface area contributed by atoms with Gasteiger partial charge in [0.05, 0.1) is 30.6 Å². The summed E-state index contributed by atoms with van der Waals surface area (Å²) in [5.74, 6) is 0.689. The highest BCUT2D eigenvalue weighted by molar-refractivity contribution is 9.10. The lowest BCUT2D eigenvalue weighted by atomic mass is 9.77. The van der Waals surface area contributed by atoms with E-state index in [1.165, 1.54) is 4.68 Å². The first-order valence-corrected chi connectivity index (χ1v) is 8.06. The number of aliphatic hydroxyl groups excluding tert-OH is 1. The van der Waals surface area contributed by atoms with Crippen LogP contribution in [0.4, 0.5) is 5.69 Å². The molecule has 0 spiro atoms. The zero-order valence-electron chi connectivity index (χ0n) is 12.3. The van der Waals surface area contributed by atoms with E-state index in [-0.39, 0.29) is 17.7 Å². The monoisotopic (exact) mass is 355 g/mol. The molecule has 1 aromatic rings. The quantitative estimate of drug-likeness (QED) is 0.796. The lowest BCUT2D eigenvalue weighted by Crippen LogP contribution is -2.45. The molecule has 0 amide bonds. The van der Waals surface area contributed by atoms with Gasteiger partial charge in [-0.05, 0) is 47.5 Å². The number of nitrogens with one attached hydrogen (secondary N) is 1. The van der Waals surface area contributed by atoms with E-state index in [4.69, 9.17) is 0 Å². The highest BCUT2D eigenvalue weighted by Crippen LogP contribution is 2.35. The number of halogens is 1.